The standard InChI is InChI=1S/C23H26N6O3/c1-15-19(22(30)25-12-16-5-3-7-18(11-16)32-2)13-24-21(27-15)17-6-4-10-29(14-17)23(31)20-8-9-26-28-20/h3,5,7-9,11,13,17H,4,6,10,12,14H2,1-2H3,(H,25,30)(H,26,28)/t17-/m1/s1. The van der Waals surface area contributed by atoms with Crippen molar-refractivity contribution in [2.24, 2.45) is 0 Å². The molecule has 9 heteroatoms. The van der Waals surface area contributed by atoms with Crippen LogP contribution in [0.4, 0.5) is 0 Å². The van der Waals surface area contributed by atoms with Gasteiger partial charge in [-0.15, -0.1) is 0 Å². The fraction of sp³-hybridized carbons (Fsp3) is 0.348. The number of carbonyl (C=O) groups is 2. The van der Waals surface area contributed by atoms with Gasteiger partial charge in [-0.1, -0.05) is 12.1 Å². The lowest BCUT2D eigenvalue weighted by atomic mass is 9.96. The normalized spacial score (nSPS) is 15.9. The maximum atomic E-state index is 12.7. The van der Waals surface area contributed by atoms with Crippen LogP contribution in [-0.4, -0.2) is 57.1 Å². The molecule has 0 aliphatic carbocycles. The molecule has 4 rings (SSSR count). The molecule has 1 atom stereocenters. The molecule has 166 valence electrons. The van der Waals surface area contributed by atoms with Crippen molar-refractivity contribution in [1.29, 1.82) is 0 Å². The van der Waals surface area contributed by atoms with E-state index >= 15 is 0 Å². The zero-order valence-corrected chi connectivity index (χ0v) is 18.2. The zero-order chi connectivity index (χ0) is 22.5. The molecule has 1 saturated heterocycles. The molecule has 0 saturated carbocycles. The summed E-state index contributed by atoms with van der Waals surface area (Å²) in [6, 6.07) is 9.22. The minimum absolute atomic E-state index is 0.0308. The highest BCUT2D eigenvalue weighted by atomic mass is 16.5. The average molecular weight is 435 g/mol. The number of rotatable bonds is 6. The van der Waals surface area contributed by atoms with Crippen LogP contribution in [0.1, 0.15) is 56.7 Å². The molecule has 32 heavy (non-hydrogen) atoms. The van der Waals surface area contributed by atoms with Crippen molar-refractivity contribution in [3.05, 3.63) is 71.1 Å². The van der Waals surface area contributed by atoms with E-state index in [0.717, 1.165) is 24.2 Å². The molecule has 0 radical (unpaired) electrons. The van der Waals surface area contributed by atoms with Crippen LogP contribution >= 0.6 is 0 Å². The number of benzene rings is 1. The van der Waals surface area contributed by atoms with Crippen LogP contribution in [0, 0.1) is 6.92 Å². The number of aromatic nitrogens is 4. The Morgan fingerprint density at radius 1 is 1.31 bits per heavy atom. The van der Waals surface area contributed by atoms with Gasteiger partial charge in [0.15, 0.2) is 0 Å². The van der Waals surface area contributed by atoms with Crippen LogP contribution in [0.15, 0.2) is 42.7 Å². The molecule has 2 N–H and O–H groups in total. The van der Waals surface area contributed by atoms with Crippen LogP contribution in [-0.2, 0) is 6.54 Å². The third-order valence-electron chi connectivity index (χ3n) is 5.63. The van der Waals surface area contributed by atoms with E-state index < -0.39 is 0 Å². The molecule has 1 aromatic carbocycles. The second-order valence-electron chi connectivity index (χ2n) is 7.82. The lowest BCUT2D eigenvalue weighted by Crippen LogP contribution is -2.39. The number of amides is 2. The maximum Gasteiger partial charge on any atom is 0.271 e. The van der Waals surface area contributed by atoms with Crippen molar-refractivity contribution in [3.63, 3.8) is 0 Å². The highest BCUT2D eigenvalue weighted by Gasteiger charge is 2.28. The first-order chi connectivity index (χ1) is 15.5. The van der Waals surface area contributed by atoms with E-state index in [1.165, 1.54) is 0 Å². The Kier molecular flexibility index (Phi) is 6.44. The van der Waals surface area contributed by atoms with E-state index in [9.17, 15) is 9.59 Å². The number of likely N-dealkylation sites (tertiary alicyclic amines) is 1. The molecule has 2 aromatic heterocycles. The lowest BCUT2D eigenvalue weighted by molar-refractivity contribution is 0.0698. The summed E-state index contributed by atoms with van der Waals surface area (Å²) in [7, 11) is 1.61. The summed E-state index contributed by atoms with van der Waals surface area (Å²) in [5.41, 5.74) is 2.48. The van der Waals surface area contributed by atoms with Crippen molar-refractivity contribution in [1.82, 2.24) is 30.4 Å². The van der Waals surface area contributed by atoms with Crippen LogP contribution in [0.2, 0.25) is 0 Å². The zero-order valence-electron chi connectivity index (χ0n) is 18.2. The molecular weight excluding hydrogens is 408 g/mol. The van der Waals surface area contributed by atoms with E-state index in [1.807, 2.05) is 31.2 Å². The van der Waals surface area contributed by atoms with E-state index in [0.29, 0.717) is 42.4 Å². The van der Waals surface area contributed by atoms with Gasteiger partial charge in [-0.25, -0.2) is 9.97 Å². The van der Waals surface area contributed by atoms with Gasteiger partial charge in [0.05, 0.1) is 18.4 Å². The van der Waals surface area contributed by atoms with Gasteiger partial charge in [-0.3, -0.25) is 14.7 Å². The van der Waals surface area contributed by atoms with E-state index in [2.05, 4.69) is 25.5 Å². The van der Waals surface area contributed by atoms with Crippen molar-refractivity contribution < 1.29 is 14.3 Å². The van der Waals surface area contributed by atoms with Crippen molar-refractivity contribution in [2.75, 3.05) is 20.2 Å². The quantitative estimate of drug-likeness (QED) is 0.616. The van der Waals surface area contributed by atoms with Gasteiger partial charge in [0.25, 0.3) is 11.8 Å². The summed E-state index contributed by atoms with van der Waals surface area (Å²) in [5, 5.41) is 9.49. The minimum atomic E-state index is -0.225. The number of ether oxygens (including phenoxy) is 1. The molecule has 9 nitrogen and oxygen atoms in total. The van der Waals surface area contributed by atoms with Gasteiger partial charge in [-0.2, -0.15) is 5.10 Å². The third kappa shape index (κ3) is 4.77. The Bertz CT molecular complexity index is 1100. The van der Waals surface area contributed by atoms with Crippen LogP contribution in [0.5, 0.6) is 5.75 Å². The smallest absolute Gasteiger partial charge is 0.271 e. The fourth-order valence-electron chi connectivity index (χ4n) is 3.88. The number of aromatic amines is 1. The van der Waals surface area contributed by atoms with Crippen LogP contribution in [0.3, 0.4) is 0 Å². The largest absolute Gasteiger partial charge is 0.497 e. The van der Waals surface area contributed by atoms with Crippen molar-refractivity contribution in [2.45, 2.75) is 32.2 Å². The summed E-state index contributed by atoms with van der Waals surface area (Å²) in [5.74, 6) is 1.14. The Morgan fingerprint density at radius 2 is 2.19 bits per heavy atom. The van der Waals surface area contributed by atoms with Crippen molar-refractivity contribution in [3.8, 4) is 5.75 Å². The van der Waals surface area contributed by atoms with Crippen LogP contribution in [0.25, 0.3) is 0 Å². The van der Waals surface area contributed by atoms with Gasteiger partial charge in [-0.05, 0) is 43.5 Å². The second kappa shape index (κ2) is 9.59. The first kappa shape index (κ1) is 21.5. The molecule has 3 aromatic rings. The molecule has 1 aliphatic heterocycles. The average Bonchev–Trinajstić information content (AvgIpc) is 3.37. The molecule has 3 heterocycles. The minimum Gasteiger partial charge on any atom is -0.497 e. The Hall–Kier alpha value is -3.75. The molecule has 2 amide bonds. The monoisotopic (exact) mass is 434 g/mol. The third-order valence-corrected chi connectivity index (χ3v) is 5.63. The lowest BCUT2D eigenvalue weighted by Gasteiger charge is -2.31. The summed E-state index contributed by atoms with van der Waals surface area (Å²) < 4.78 is 5.22. The summed E-state index contributed by atoms with van der Waals surface area (Å²) >= 11 is 0. The van der Waals surface area contributed by atoms with Crippen molar-refractivity contribution >= 4 is 11.8 Å². The number of nitrogens with one attached hydrogen (secondary N) is 2. The molecule has 0 bridgehead atoms. The Labute approximate surface area is 186 Å². The van der Waals surface area contributed by atoms with Crippen LogP contribution < -0.4 is 10.1 Å². The number of H-pyrrole nitrogens is 1. The summed E-state index contributed by atoms with van der Waals surface area (Å²) in [4.78, 5) is 36.2. The number of carbonyl (C=O) groups excluding carboxylic acids is 2. The van der Waals surface area contributed by atoms with Gasteiger partial charge >= 0.3 is 0 Å². The maximum absolute atomic E-state index is 12.7. The summed E-state index contributed by atoms with van der Waals surface area (Å²) in [6.45, 7) is 3.42. The number of methoxy groups -OCH3 is 1. The molecule has 1 aliphatic rings. The molecule has 0 spiro atoms. The van der Waals surface area contributed by atoms with Gasteiger partial charge in [0, 0.05) is 37.9 Å². The predicted octanol–water partition coefficient (Wildman–Crippen LogP) is 2.47. The first-order valence-corrected chi connectivity index (χ1v) is 10.6. The fourth-order valence-corrected chi connectivity index (χ4v) is 3.88. The number of nitrogens with zero attached hydrogens (tertiary/aromatic N) is 4. The number of piperidine rings is 1. The summed E-state index contributed by atoms with van der Waals surface area (Å²) in [6.07, 6.45) is 4.91. The SMILES string of the molecule is COc1cccc(CNC(=O)c2cnc([C@@H]3CCCN(C(=O)c4ccn[nH]4)C3)nc2C)c1. The van der Waals surface area contributed by atoms with E-state index in [4.69, 9.17) is 4.74 Å². The van der Waals surface area contributed by atoms with E-state index in [-0.39, 0.29) is 17.7 Å². The number of hydrogen-bond acceptors (Lipinski definition) is 6. The van der Waals surface area contributed by atoms with Gasteiger partial charge in [0.1, 0.15) is 17.3 Å². The highest BCUT2D eigenvalue weighted by molar-refractivity contribution is 5.94. The number of aryl methyl sites for hydroxylation is 1. The first-order valence-electron chi connectivity index (χ1n) is 10.6. The predicted molar refractivity (Wildman–Crippen MR) is 117 cm³/mol. The molecular formula is C23H26N6O3. The molecule has 0 unspecified atom stereocenters. The Balaban J connectivity index is 1.41. The Morgan fingerprint density at radius 3 is 2.94 bits per heavy atom. The van der Waals surface area contributed by atoms with Gasteiger partial charge < -0.3 is 15.0 Å². The second-order valence-corrected chi connectivity index (χ2v) is 7.82. The van der Waals surface area contributed by atoms with Gasteiger partial charge in [0.2, 0.25) is 0 Å². The molecule has 1 fully saturated rings. The topological polar surface area (TPSA) is 113 Å². The highest BCUT2D eigenvalue weighted by Crippen LogP contribution is 2.26. The number of hydrogen-bond donors (Lipinski definition) is 2. The van der Waals surface area contributed by atoms with E-state index in [1.54, 1.807) is 30.5 Å².